The molecule has 1 rings (SSSR count). The van der Waals surface area contributed by atoms with Crippen molar-refractivity contribution in [1.29, 1.82) is 0 Å². The van der Waals surface area contributed by atoms with Crippen LogP contribution in [-0.2, 0) is 9.84 Å². The molecule has 0 aliphatic heterocycles. The highest BCUT2D eigenvalue weighted by molar-refractivity contribution is 7.91. The van der Waals surface area contributed by atoms with Crippen molar-refractivity contribution in [3.63, 3.8) is 0 Å². The molecule has 1 unspecified atom stereocenters. The smallest absolute Gasteiger partial charge is 0.179 e. The number of nitrogens with zero attached hydrogens (tertiary/aromatic N) is 1. The van der Waals surface area contributed by atoms with E-state index in [-0.39, 0.29) is 10.7 Å². The van der Waals surface area contributed by atoms with Gasteiger partial charge in [-0.3, -0.25) is 0 Å². The quantitative estimate of drug-likeness (QED) is 0.778. The van der Waals surface area contributed by atoms with E-state index in [1.807, 2.05) is 7.05 Å². The molecule has 0 aliphatic carbocycles. The predicted molar refractivity (Wildman–Crippen MR) is 86.8 cm³/mol. The molecule has 4 nitrogen and oxygen atoms in total. The van der Waals surface area contributed by atoms with E-state index in [0.717, 1.165) is 6.42 Å². The summed E-state index contributed by atoms with van der Waals surface area (Å²) < 4.78 is 24.5. The van der Waals surface area contributed by atoms with Crippen LogP contribution in [0.2, 0.25) is 0 Å². The normalized spacial score (nSPS) is 13.4. The first-order chi connectivity index (χ1) is 9.27. The summed E-state index contributed by atoms with van der Waals surface area (Å²) in [6.07, 6.45) is 0.999. The van der Waals surface area contributed by atoms with Gasteiger partial charge in [0.15, 0.2) is 9.84 Å². The Morgan fingerprint density at radius 1 is 1.35 bits per heavy atom. The van der Waals surface area contributed by atoms with Crippen LogP contribution in [0, 0.1) is 0 Å². The van der Waals surface area contributed by atoms with Crippen LogP contribution in [0.3, 0.4) is 0 Å². The molecule has 1 atom stereocenters. The van der Waals surface area contributed by atoms with Crippen LogP contribution in [0.1, 0.15) is 25.8 Å². The molecule has 0 spiro atoms. The van der Waals surface area contributed by atoms with E-state index in [4.69, 9.17) is 18.0 Å². The fourth-order valence-electron chi connectivity index (χ4n) is 1.74. The molecule has 6 heteroatoms. The van der Waals surface area contributed by atoms with Gasteiger partial charge in [0.1, 0.15) is 4.99 Å². The molecule has 0 aliphatic rings. The van der Waals surface area contributed by atoms with E-state index in [9.17, 15) is 8.42 Å². The number of thiocarbonyl (C=S) groups is 1. The van der Waals surface area contributed by atoms with E-state index >= 15 is 0 Å². The summed E-state index contributed by atoms with van der Waals surface area (Å²) in [5.41, 5.74) is 6.17. The van der Waals surface area contributed by atoms with Crippen LogP contribution in [0.25, 0.3) is 0 Å². The summed E-state index contributed by atoms with van der Waals surface area (Å²) >= 11 is 4.85. The lowest BCUT2D eigenvalue weighted by Crippen LogP contribution is -2.32. The molecule has 112 valence electrons. The molecule has 0 radical (unpaired) electrons. The number of rotatable bonds is 7. The topological polar surface area (TPSA) is 63.4 Å². The van der Waals surface area contributed by atoms with Gasteiger partial charge in [-0.1, -0.05) is 31.3 Å². The monoisotopic (exact) mass is 314 g/mol. The Morgan fingerprint density at radius 3 is 2.35 bits per heavy atom. The van der Waals surface area contributed by atoms with E-state index in [1.54, 1.807) is 24.3 Å². The average molecular weight is 314 g/mol. The third-order valence-electron chi connectivity index (χ3n) is 3.55. The Labute approximate surface area is 126 Å². The molecule has 0 saturated carbocycles. The molecule has 0 amide bonds. The van der Waals surface area contributed by atoms with Crippen LogP contribution >= 0.6 is 12.2 Å². The summed E-state index contributed by atoms with van der Waals surface area (Å²) in [6.45, 7) is 4.70. The highest BCUT2D eigenvalue weighted by Crippen LogP contribution is 2.13. The Morgan fingerprint density at radius 2 is 1.90 bits per heavy atom. The molecule has 0 aromatic heterocycles. The summed E-state index contributed by atoms with van der Waals surface area (Å²) in [5, 5.41) is 0. The summed E-state index contributed by atoms with van der Waals surface area (Å²) in [5.74, 6) is 0.111. The molecule has 1 aromatic carbocycles. The predicted octanol–water partition coefficient (Wildman–Crippen LogP) is 1.82. The molecule has 0 bridgehead atoms. The second-order valence-electron chi connectivity index (χ2n) is 4.95. The summed E-state index contributed by atoms with van der Waals surface area (Å²) in [7, 11) is -1.32. The van der Waals surface area contributed by atoms with Gasteiger partial charge in [-0.05, 0) is 32.5 Å². The van der Waals surface area contributed by atoms with Gasteiger partial charge < -0.3 is 10.6 Å². The minimum absolute atomic E-state index is 0.111. The van der Waals surface area contributed by atoms with Crippen molar-refractivity contribution in [3.05, 3.63) is 29.8 Å². The second-order valence-corrected chi connectivity index (χ2v) is 7.49. The molecule has 1 aromatic rings. The Kier molecular flexibility index (Phi) is 6.10. The highest BCUT2D eigenvalue weighted by Gasteiger charge is 2.17. The van der Waals surface area contributed by atoms with Crippen LogP contribution in [-0.4, -0.2) is 43.7 Å². The van der Waals surface area contributed by atoms with Crippen molar-refractivity contribution in [2.45, 2.75) is 31.2 Å². The SMILES string of the molecule is CCC(C)N(C)CCS(=O)(=O)c1ccc(C(N)=S)cc1. The Hall–Kier alpha value is -0.980. The van der Waals surface area contributed by atoms with Gasteiger partial charge >= 0.3 is 0 Å². The fourth-order valence-corrected chi connectivity index (χ4v) is 3.19. The Balaban J connectivity index is 2.76. The molecule has 20 heavy (non-hydrogen) atoms. The molecule has 0 heterocycles. The lowest BCUT2D eigenvalue weighted by atomic mass is 10.2. The molecule has 0 fully saturated rings. The van der Waals surface area contributed by atoms with Gasteiger partial charge in [0.25, 0.3) is 0 Å². The maximum Gasteiger partial charge on any atom is 0.179 e. The molecular formula is C14H22N2O2S2. The fraction of sp³-hybridized carbons (Fsp3) is 0.500. The molecular weight excluding hydrogens is 292 g/mol. The van der Waals surface area contributed by atoms with Gasteiger partial charge in [-0.2, -0.15) is 0 Å². The maximum atomic E-state index is 12.2. The third-order valence-corrected chi connectivity index (χ3v) is 5.50. The number of hydrogen-bond donors (Lipinski definition) is 1. The van der Waals surface area contributed by atoms with Crippen molar-refractivity contribution >= 4 is 27.0 Å². The number of hydrogen-bond acceptors (Lipinski definition) is 4. The zero-order chi connectivity index (χ0) is 15.3. The third kappa shape index (κ3) is 4.54. The second kappa shape index (κ2) is 7.15. The molecule has 0 saturated heterocycles. The van der Waals surface area contributed by atoms with Crippen molar-refractivity contribution in [2.24, 2.45) is 5.73 Å². The van der Waals surface area contributed by atoms with Crippen molar-refractivity contribution in [1.82, 2.24) is 4.90 Å². The van der Waals surface area contributed by atoms with Crippen LogP contribution in [0.4, 0.5) is 0 Å². The van der Waals surface area contributed by atoms with Crippen molar-refractivity contribution < 1.29 is 8.42 Å². The minimum atomic E-state index is -3.27. The first kappa shape index (κ1) is 17.1. The Bertz CT molecular complexity index is 553. The van der Waals surface area contributed by atoms with E-state index in [2.05, 4.69) is 18.7 Å². The number of sulfone groups is 1. The number of benzene rings is 1. The van der Waals surface area contributed by atoms with E-state index in [1.165, 1.54) is 0 Å². The summed E-state index contributed by atoms with van der Waals surface area (Å²) in [4.78, 5) is 2.64. The summed E-state index contributed by atoms with van der Waals surface area (Å²) in [6, 6.07) is 6.80. The first-order valence-electron chi connectivity index (χ1n) is 6.60. The van der Waals surface area contributed by atoms with Crippen LogP contribution < -0.4 is 5.73 Å². The highest BCUT2D eigenvalue weighted by atomic mass is 32.2. The number of nitrogens with two attached hydrogens (primary N) is 1. The lowest BCUT2D eigenvalue weighted by Gasteiger charge is -2.23. The van der Waals surface area contributed by atoms with Crippen molar-refractivity contribution in [2.75, 3.05) is 19.3 Å². The zero-order valence-electron chi connectivity index (χ0n) is 12.2. The first-order valence-corrected chi connectivity index (χ1v) is 8.67. The van der Waals surface area contributed by atoms with E-state index in [0.29, 0.717) is 23.0 Å². The largest absolute Gasteiger partial charge is 0.389 e. The zero-order valence-corrected chi connectivity index (χ0v) is 13.8. The van der Waals surface area contributed by atoms with Crippen LogP contribution in [0.5, 0.6) is 0 Å². The maximum absolute atomic E-state index is 12.2. The van der Waals surface area contributed by atoms with Crippen molar-refractivity contribution in [3.8, 4) is 0 Å². The van der Waals surface area contributed by atoms with Gasteiger partial charge in [0, 0.05) is 18.2 Å². The van der Waals surface area contributed by atoms with Gasteiger partial charge in [-0.15, -0.1) is 0 Å². The minimum Gasteiger partial charge on any atom is -0.389 e. The van der Waals surface area contributed by atoms with Crippen LogP contribution in [0.15, 0.2) is 29.2 Å². The average Bonchev–Trinajstić information content (AvgIpc) is 2.44. The van der Waals surface area contributed by atoms with Gasteiger partial charge in [0.05, 0.1) is 10.6 Å². The van der Waals surface area contributed by atoms with Gasteiger partial charge in [0.2, 0.25) is 0 Å². The van der Waals surface area contributed by atoms with Gasteiger partial charge in [-0.25, -0.2) is 8.42 Å². The lowest BCUT2D eigenvalue weighted by molar-refractivity contribution is 0.266. The standard InChI is InChI=1S/C14H22N2O2S2/c1-4-11(2)16(3)9-10-20(17,18)13-7-5-12(6-8-13)14(15)19/h5-8,11H,4,9-10H2,1-3H3,(H2,15,19). The van der Waals surface area contributed by atoms with E-state index < -0.39 is 9.84 Å². The molecule has 2 N–H and O–H groups in total.